The topological polar surface area (TPSA) is 95.8 Å². The lowest BCUT2D eigenvalue weighted by Gasteiger charge is -2.32. The molecule has 2 aromatic rings. The lowest BCUT2D eigenvalue weighted by Crippen LogP contribution is -2.51. The van der Waals surface area contributed by atoms with Crippen LogP contribution in [0.4, 0.5) is 11.4 Å². The molecule has 1 N–H and O–H groups in total. The lowest BCUT2D eigenvalue weighted by molar-refractivity contribution is -0.384. The third-order valence-corrected chi connectivity index (χ3v) is 4.97. The Morgan fingerprint density at radius 2 is 1.86 bits per heavy atom. The molecule has 0 radical (unpaired) electrons. The van der Waals surface area contributed by atoms with Crippen LogP contribution in [-0.2, 0) is 0 Å². The van der Waals surface area contributed by atoms with Crippen molar-refractivity contribution in [3.8, 4) is 0 Å². The fraction of sp³-hybridized carbons (Fsp3) is 0.333. The molecule has 1 aliphatic heterocycles. The largest absolute Gasteiger partial charge is 0.372 e. The minimum atomic E-state index is -0.509. The molecular formula is C21H24N4O4. The number of rotatable bonds is 5. The summed E-state index contributed by atoms with van der Waals surface area (Å²) in [6.07, 6.45) is 0. The van der Waals surface area contributed by atoms with Gasteiger partial charge in [0.25, 0.3) is 11.6 Å². The van der Waals surface area contributed by atoms with Crippen molar-refractivity contribution >= 4 is 23.1 Å². The van der Waals surface area contributed by atoms with Crippen LogP contribution >= 0.6 is 0 Å². The fourth-order valence-corrected chi connectivity index (χ4v) is 3.50. The molecule has 1 fully saturated rings. The highest BCUT2D eigenvalue weighted by Gasteiger charge is 2.26. The number of anilines is 1. The predicted molar refractivity (Wildman–Crippen MR) is 111 cm³/mol. The molecule has 152 valence electrons. The molecule has 0 aliphatic carbocycles. The normalized spacial score (nSPS) is 16.4. The predicted octanol–water partition coefficient (Wildman–Crippen LogP) is 2.33. The van der Waals surface area contributed by atoms with Gasteiger partial charge in [0, 0.05) is 57.0 Å². The molecule has 0 spiro atoms. The number of carbonyl (C=O) groups is 2. The summed E-state index contributed by atoms with van der Waals surface area (Å²) < 4.78 is 0. The Bertz CT molecular complexity index is 957. The quantitative estimate of drug-likeness (QED) is 0.473. The molecule has 1 saturated heterocycles. The zero-order chi connectivity index (χ0) is 21.1. The first-order chi connectivity index (χ1) is 13.8. The maximum atomic E-state index is 13.2. The Morgan fingerprint density at radius 3 is 2.48 bits per heavy atom. The third-order valence-electron chi connectivity index (χ3n) is 4.97. The smallest absolute Gasteiger partial charge is 0.293 e. The average Bonchev–Trinajstić information content (AvgIpc) is 2.72. The maximum Gasteiger partial charge on any atom is 0.293 e. The molecule has 0 saturated carbocycles. The van der Waals surface area contributed by atoms with Gasteiger partial charge in [-0.2, -0.15) is 0 Å². The van der Waals surface area contributed by atoms with E-state index in [1.54, 1.807) is 60.3 Å². The van der Waals surface area contributed by atoms with Crippen LogP contribution in [0.2, 0.25) is 0 Å². The van der Waals surface area contributed by atoms with Crippen molar-refractivity contribution in [2.75, 3.05) is 38.6 Å². The van der Waals surface area contributed by atoms with Crippen molar-refractivity contribution < 1.29 is 14.5 Å². The second-order valence-corrected chi connectivity index (χ2v) is 7.34. The molecule has 2 aromatic carbocycles. The number of ketones is 1. The highest BCUT2D eigenvalue weighted by atomic mass is 16.6. The van der Waals surface area contributed by atoms with Crippen molar-refractivity contribution in [3.63, 3.8) is 0 Å². The van der Waals surface area contributed by atoms with Crippen LogP contribution in [0.5, 0.6) is 0 Å². The molecule has 29 heavy (non-hydrogen) atoms. The summed E-state index contributed by atoms with van der Waals surface area (Å²) in [6.45, 7) is 3.82. The summed E-state index contributed by atoms with van der Waals surface area (Å²) in [4.78, 5) is 40.5. The third kappa shape index (κ3) is 4.27. The summed E-state index contributed by atoms with van der Waals surface area (Å²) in [5, 5.41) is 14.7. The molecule has 8 heteroatoms. The van der Waals surface area contributed by atoms with E-state index in [0.717, 1.165) is 0 Å². The number of nitro benzene ring substituents is 1. The minimum absolute atomic E-state index is 0.152. The second-order valence-electron chi connectivity index (χ2n) is 7.34. The first-order valence-electron chi connectivity index (χ1n) is 9.41. The first-order valence-corrected chi connectivity index (χ1v) is 9.41. The van der Waals surface area contributed by atoms with Gasteiger partial charge in [-0.05, 0) is 25.1 Å². The van der Waals surface area contributed by atoms with E-state index in [-0.39, 0.29) is 28.8 Å². The molecule has 8 nitrogen and oxygen atoms in total. The summed E-state index contributed by atoms with van der Waals surface area (Å²) in [5.74, 6) is -0.618. The van der Waals surface area contributed by atoms with Gasteiger partial charge in [0.2, 0.25) is 0 Å². The number of nitro groups is 1. The van der Waals surface area contributed by atoms with Crippen molar-refractivity contribution in [2.45, 2.75) is 13.0 Å². The summed E-state index contributed by atoms with van der Waals surface area (Å²) in [6, 6.07) is 11.2. The van der Waals surface area contributed by atoms with Gasteiger partial charge in [0.05, 0.1) is 10.5 Å². The van der Waals surface area contributed by atoms with Gasteiger partial charge in [-0.15, -0.1) is 0 Å². The van der Waals surface area contributed by atoms with E-state index >= 15 is 0 Å². The van der Waals surface area contributed by atoms with Gasteiger partial charge in [0.15, 0.2) is 5.78 Å². The van der Waals surface area contributed by atoms with Gasteiger partial charge >= 0.3 is 0 Å². The van der Waals surface area contributed by atoms with Gasteiger partial charge < -0.3 is 15.1 Å². The highest BCUT2D eigenvalue weighted by molar-refractivity contribution is 6.15. The van der Waals surface area contributed by atoms with E-state index in [4.69, 9.17) is 0 Å². The van der Waals surface area contributed by atoms with E-state index in [0.29, 0.717) is 30.9 Å². The van der Waals surface area contributed by atoms with Crippen molar-refractivity contribution in [1.82, 2.24) is 10.2 Å². The minimum Gasteiger partial charge on any atom is -0.372 e. The number of nitrogens with zero attached hydrogens (tertiary/aromatic N) is 3. The zero-order valence-electron chi connectivity index (χ0n) is 16.7. The van der Waals surface area contributed by atoms with Crippen LogP contribution < -0.4 is 10.2 Å². The summed E-state index contributed by atoms with van der Waals surface area (Å²) in [5.41, 5.74) is 0.990. The summed E-state index contributed by atoms with van der Waals surface area (Å²) >= 11 is 0. The summed E-state index contributed by atoms with van der Waals surface area (Å²) in [7, 11) is 3.40. The Morgan fingerprint density at radius 1 is 1.17 bits per heavy atom. The SMILES string of the molecule is CC1CN(C(=O)c2ccccc2C(=O)c2ccc(N(C)C)c([N+](=O)[O-])c2)CCN1. The first kappa shape index (κ1) is 20.5. The van der Waals surface area contributed by atoms with Crippen LogP contribution in [0.1, 0.15) is 33.2 Å². The van der Waals surface area contributed by atoms with Gasteiger partial charge in [-0.1, -0.05) is 18.2 Å². The molecule has 1 heterocycles. The number of hydrogen-bond acceptors (Lipinski definition) is 6. The van der Waals surface area contributed by atoms with Crippen molar-refractivity contribution in [1.29, 1.82) is 0 Å². The molecule has 1 aliphatic rings. The van der Waals surface area contributed by atoms with E-state index in [1.807, 2.05) is 6.92 Å². The van der Waals surface area contributed by atoms with Crippen molar-refractivity contribution in [2.24, 2.45) is 0 Å². The van der Waals surface area contributed by atoms with E-state index < -0.39 is 10.7 Å². The maximum absolute atomic E-state index is 13.2. The number of carbonyl (C=O) groups excluding carboxylic acids is 2. The van der Waals surface area contributed by atoms with Crippen LogP contribution in [0, 0.1) is 10.1 Å². The second kappa shape index (κ2) is 8.40. The van der Waals surface area contributed by atoms with E-state index in [9.17, 15) is 19.7 Å². The standard InChI is InChI=1S/C21H24N4O4/c1-14-13-24(11-10-22-14)21(27)17-7-5-4-6-16(17)20(26)15-8-9-18(23(2)3)19(12-15)25(28)29/h4-9,12,14,22H,10-11,13H2,1-3H3. The van der Waals surface area contributed by atoms with Gasteiger partial charge in [0.1, 0.15) is 5.69 Å². The van der Waals surface area contributed by atoms with Crippen LogP contribution in [-0.4, -0.2) is 61.3 Å². The number of nitrogens with one attached hydrogen (secondary N) is 1. The van der Waals surface area contributed by atoms with Gasteiger partial charge in [-0.25, -0.2) is 0 Å². The molecular weight excluding hydrogens is 372 g/mol. The number of amides is 1. The number of piperazine rings is 1. The average molecular weight is 396 g/mol. The molecule has 1 atom stereocenters. The highest BCUT2D eigenvalue weighted by Crippen LogP contribution is 2.29. The number of hydrogen-bond donors (Lipinski definition) is 1. The van der Waals surface area contributed by atoms with Crippen LogP contribution in [0.15, 0.2) is 42.5 Å². The van der Waals surface area contributed by atoms with Crippen LogP contribution in [0.25, 0.3) is 0 Å². The Hall–Kier alpha value is -3.26. The molecule has 3 rings (SSSR count). The zero-order valence-corrected chi connectivity index (χ0v) is 16.7. The Balaban J connectivity index is 1.98. The Labute approximate surface area is 169 Å². The Kier molecular flexibility index (Phi) is 5.93. The monoisotopic (exact) mass is 396 g/mol. The van der Waals surface area contributed by atoms with Gasteiger partial charge in [-0.3, -0.25) is 19.7 Å². The van der Waals surface area contributed by atoms with E-state index in [2.05, 4.69) is 5.32 Å². The van der Waals surface area contributed by atoms with Crippen LogP contribution in [0.3, 0.4) is 0 Å². The van der Waals surface area contributed by atoms with E-state index in [1.165, 1.54) is 6.07 Å². The molecule has 0 bridgehead atoms. The number of benzene rings is 2. The van der Waals surface area contributed by atoms with Crippen molar-refractivity contribution in [3.05, 3.63) is 69.3 Å². The molecule has 1 amide bonds. The lowest BCUT2D eigenvalue weighted by atomic mass is 9.96. The molecule has 0 aromatic heterocycles. The molecule has 1 unspecified atom stereocenters. The fourth-order valence-electron chi connectivity index (χ4n) is 3.50.